The lowest BCUT2D eigenvalue weighted by Gasteiger charge is -2.38. The molecule has 0 radical (unpaired) electrons. The number of ether oxygens (including phenoxy) is 2. The van der Waals surface area contributed by atoms with Crippen molar-refractivity contribution in [2.75, 3.05) is 26.4 Å². The summed E-state index contributed by atoms with van der Waals surface area (Å²) in [6.45, 7) is 2.05. The molecule has 1 aliphatic heterocycles. The third-order valence-electron chi connectivity index (χ3n) is 5.21. The van der Waals surface area contributed by atoms with Gasteiger partial charge in [0.2, 0.25) is 5.91 Å². The van der Waals surface area contributed by atoms with Crippen molar-refractivity contribution in [2.24, 2.45) is 0 Å². The Morgan fingerprint density at radius 2 is 1.97 bits per heavy atom. The molecule has 0 aromatic heterocycles. The molecular formula is C22H24BrF2NO3. The maximum Gasteiger partial charge on any atom is 0.220 e. The van der Waals surface area contributed by atoms with Crippen molar-refractivity contribution in [3.8, 4) is 5.75 Å². The number of carbonyl (C=O) groups excluding carboxylic acids is 1. The first kappa shape index (κ1) is 21.7. The van der Waals surface area contributed by atoms with Crippen LogP contribution in [0.25, 0.3) is 0 Å². The highest BCUT2D eigenvalue weighted by Gasteiger charge is 2.34. The molecule has 2 aromatic carbocycles. The lowest BCUT2D eigenvalue weighted by Crippen LogP contribution is -2.44. The average molecular weight is 468 g/mol. The molecule has 1 N–H and O–H groups in total. The van der Waals surface area contributed by atoms with E-state index in [9.17, 15) is 13.6 Å². The van der Waals surface area contributed by atoms with Gasteiger partial charge in [-0.25, -0.2) is 8.78 Å². The van der Waals surface area contributed by atoms with E-state index in [1.807, 2.05) is 12.1 Å². The van der Waals surface area contributed by atoms with Gasteiger partial charge in [-0.1, -0.05) is 28.1 Å². The highest BCUT2D eigenvalue weighted by molar-refractivity contribution is 9.10. The minimum Gasteiger partial charge on any atom is -0.491 e. The number of carbonyl (C=O) groups is 1. The SMILES string of the molecule is O=C(CCCOc1ccc(F)cc1F)NCC1(c2cccc(Br)c2)CCOCC1. The van der Waals surface area contributed by atoms with Crippen LogP contribution in [0.1, 0.15) is 31.2 Å². The Hall–Kier alpha value is -1.99. The molecule has 156 valence electrons. The second-order valence-corrected chi connectivity index (χ2v) is 8.12. The zero-order chi connectivity index (χ0) is 20.7. The van der Waals surface area contributed by atoms with Crippen LogP contribution >= 0.6 is 15.9 Å². The molecule has 0 unspecified atom stereocenters. The van der Waals surface area contributed by atoms with Gasteiger partial charge in [-0.15, -0.1) is 0 Å². The largest absolute Gasteiger partial charge is 0.491 e. The molecule has 1 heterocycles. The molecule has 1 saturated heterocycles. The fraction of sp³-hybridized carbons (Fsp3) is 0.409. The van der Waals surface area contributed by atoms with Gasteiger partial charge in [0.1, 0.15) is 5.82 Å². The summed E-state index contributed by atoms with van der Waals surface area (Å²) in [4.78, 5) is 12.3. The summed E-state index contributed by atoms with van der Waals surface area (Å²) in [6, 6.07) is 11.3. The molecule has 29 heavy (non-hydrogen) atoms. The maximum atomic E-state index is 13.5. The summed E-state index contributed by atoms with van der Waals surface area (Å²) in [5, 5.41) is 3.04. The smallest absolute Gasteiger partial charge is 0.220 e. The zero-order valence-electron chi connectivity index (χ0n) is 16.1. The summed E-state index contributed by atoms with van der Waals surface area (Å²) in [7, 11) is 0. The fourth-order valence-electron chi connectivity index (χ4n) is 3.51. The second kappa shape index (κ2) is 10.2. The number of amides is 1. The van der Waals surface area contributed by atoms with E-state index in [2.05, 4.69) is 33.4 Å². The molecule has 7 heteroatoms. The van der Waals surface area contributed by atoms with Gasteiger partial charge < -0.3 is 14.8 Å². The second-order valence-electron chi connectivity index (χ2n) is 7.21. The van der Waals surface area contributed by atoms with Crippen LogP contribution in [-0.4, -0.2) is 32.3 Å². The number of hydrogen-bond donors (Lipinski definition) is 1. The third-order valence-corrected chi connectivity index (χ3v) is 5.70. The van der Waals surface area contributed by atoms with E-state index in [0.717, 1.165) is 29.4 Å². The highest BCUT2D eigenvalue weighted by Crippen LogP contribution is 2.35. The van der Waals surface area contributed by atoms with Crippen molar-refractivity contribution in [3.63, 3.8) is 0 Å². The van der Waals surface area contributed by atoms with E-state index in [4.69, 9.17) is 9.47 Å². The summed E-state index contributed by atoms with van der Waals surface area (Å²) in [5.74, 6) is -1.48. The predicted octanol–water partition coefficient (Wildman–Crippen LogP) is 4.75. The van der Waals surface area contributed by atoms with Crippen molar-refractivity contribution in [1.29, 1.82) is 0 Å². The van der Waals surface area contributed by atoms with Gasteiger partial charge in [0.05, 0.1) is 6.61 Å². The van der Waals surface area contributed by atoms with E-state index in [1.165, 1.54) is 11.6 Å². The first-order valence-electron chi connectivity index (χ1n) is 9.67. The Morgan fingerprint density at radius 1 is 1.17 bits per heavy atom. The quantitative estimate of drug-likeness (QED) is 0.569. The first-order chi connectivity index (χ1) is 14.0. The summed E-state index contributed by atoms with van der Waals surface area (Å²) < 4.78 is 38.3. The molecule has 3 rings (SSSR count). The van der Waals surface area contributed by atoms with E-state index < -0.39 is 11.6 Å². The van der Waals surface area contributed by atoms with Crippen LogP contribution in [0, 0.1) is 11.6 Å². The molecule has 4 nitrogen and oxygen atoms in total. The van der Waals surface area contributed by atoms with Crippen LogP contribution in [0.5, 0.6) is 5.75 Å². The Bertz CT molecular complexity index is 841. The van der Waals surface area contributed by atoms with Gasteiger partial charge in [-0.3, -0.25) is 4.79 Å². The van der Waals surface area contributed by atoms with Gasteiger partial charge in [0.25, 0.3) is 0 Å². The Morgan fingerprint density at radius 3 is 2.69 bits per heavy atom. The molecule has 0 atom stereocenters. The van der Waals surface area contributed by atoms with Crippen LogP contribution in [0.3, 0.4) is 0 Å². The standard InChI is InChI=1S/C22H24BrF2NO3/c23-17-4-1-3-16(13-17)22(8-11-28-12-9-22)15-26-21(27)5-2-10-29-20-7-6-18(24)14-19(20)25/h1,3-4,6-7,13-14H,2,5,8-12,15H2,(H,26,27). The van der Waals surface area contributed by atoms with E-state index >= 15 is 0 Å². The lowest BCUT2D eigenvalue weighted by atomic mass is 9.74. The van der Waals surface area contributed by atoms with Gasteiger partial charge >= 0.3 is 0 Å². The molecular weight excluding hydrogens is 444 g/mol. The Kier molecular flexibility index (Phi) is 7.61. The molecule has 0 bridgehead atoms. The first-order valence-corrected chi connectivity index (χ1v) is 10.5. The Balaban J connectivity index is 1.49. The zero-order valence-corrected chi connectivity index (χ0v) is 17.6. The van der Waals surface area contributed by atoms with Crippen molar-refractivity contribution in [1.82, 2.24) is 5.32 Å². The lowest BCUT2D eigenvalue weighted by molar-refractivity contribution is -0.121. The molecule has 1 amide bonds. The van der Waals surface area contributed by atoms with Gasteiger partial charge in [-0.2, -0.15) is 0 Å². The van der Waals surface area contributed by atoms with Crippen LogP contribution in [0.15, 0.2) is 46.9 Å². The van der Waals surface area contributed by atoms with Crippen LogP contribution in [-0.2, 0) is 14.9 Å². The fourth-order valence-corrected chi connectivity index (χ4v) is 3.91. The average Bonchev–Trinajstić information content (AvgIpc) is 2.72. The normalized spacial score (nSPS) is 15.7. The van der Waals surface area contributed by atoms with Gasteiger partial charge in [0, 0.05) is 42.1 Å². The van der Waals surface area contributed by atoms with E-state index in [0.29, 0.717) is 26.2 Å². The summed E-state index contributed by atoms with van der Waals surface area (Å²) in [5.41, 5.74) is 1.04. The Labute approximate surface area is 177 Å². The van der Waals surface area contributed by atoms with Crippen molar-refractivity contribution >= 4 is 21.8 Å². The predicted molar refractivity (Wildman–Crippen MR) is 110 cm³/mol. The third kappa shape index (κ3) is 6.00. The molecule has 0 aliphatic carbocycles. The highest BCUT2D eigenvalue weighted by atomic mass is 79.9. The van der Waals surface area contributed by atoms with E-state index in [1.54, 1.807) is 0 Å². The van der Waals surface area contributed by atoms with Crippen molar-refractivity contribution in [3.05, 3.63) is 64.1 Å². The number of benzene rings is 2. The molecule has 2 aromatic rings. The minimum absolute atomic E-state index is 0.0115. The summed E-state index contributed by atoms with van der Waals surface area (Å²) >= 11 is 3.52. The monoisotopic (exact) mass is 467 g/mol. The van der Waals surface area contributed by atoms with Gasteiger partial charge in [0.15, 0.2) is 11.6 Å². The molecule has 1 aliphatic rings. The maximum absolute atomic E-state index is 13.5. The van der Waals surface area contributed by atoms with E-state index in [-0.39, 0.29) is 30.1 Å². The topological polar surface area (TPSA) is 47.6 Å². The molecule has 0 saturated carbocycles. The van der Waals surface area contributed by atoms with Crippen molar-refractivity contribution in [2.45, 2.75) is 31.1 Å². The minimum atomic E-state index is -0.745. The number of rotatable bonds is 8. The number of halogens is 3. The van der Waals surface area contributed by atoms with Crippen LogP contribution in [0.4, 0.5) is 8.78 Å². The molecule has 0 spiro atoms. The van der Waals surface area contributed by atoms with Crippen molar-refractivity contribution < 1.29 is 23.0 Å². The summed E-state index contributed by atoms with van der Waals surface area (Å²) in [6.07, 6.45) is 2.40. The van der Waals surface area contributed by atoms with Crippen LogP contribution in [0.2, 0.25) is 0 Å². The number of hydrogen-bond acceptors (Lipinski definition) is 3. The number of nitrogens with one attached hydrogen (secondary N) is 1. The van der Waals surface area contributed by atoms with Crippen LogP contribution < -0.4 is 10.1 Å². The molecule has 1 fully saturated rings. The van der Waals surface area contributed by atoms with Gasteiger partial charge in [-0.05, 0) is 49.1 Å².